The van der Waals surface area contributed by atoms with Crippen molar-refractivity contribution in [2.24, 2.45) is 5.41 Å². The van der Waals surface area contributed by atoms with Crippen LogP contribution in [0.1, 0.15) is 85.0 Å². The Hall–Kier alpha value is -1.32. The maximum Gasteiger partial charge on any atom is 0.323 e. The van der Waals surface area contributed by atoms with Gasteiger partial charge in [-0.05, 0) is 39.5 Å². The third kappa shape index (κ3) is 7.98. The summed E-state index contributed by atoms with van der Waals surface area (Å²) in [6.07, 6.45) is 11.9. The summed E-state index contributed by atoms with van der Waals surface area (Å²) in [7, 11) is 0. The Kier molecular flexibility index (Phi) is 13.3. The van der Waals surface area contributed by atoms with E-state index in [4.69, 9.17) is 9.47 Å². The molecule has 24 heavy (non-hydrogen) atoms. The van der Waals surface area contributed by atoms with E-state index < -0.39 is 17.4 Å². The van der Waals surface area contributed by atoms with Crippen LogP contribution in [0.3, 0.4) is 0 Å². The Labute approximate surface area is 148 Å². The van der Waals surface area contributed by atoms with Crippen molar-refractivity contribution >= 4 is 11.9 Å². The number of unbranched alkanes of at least 4 members (excludes halogenated alkanes) is 7. The van der Waals surface area contributed by atoms with Gasteiger partial charge in [0.25, 0.3) is 0 Å². The standard InChI is InChI=1S/C20H36O4/c1-5-9-10-11-12-13-14-15-16-17-20(6-2,18(21)23-7-3)19(22)24-8-4/h5H,1,6-17H2,2-4H3. The molecule has 4 nitrogen and oxygen atoms in total. The Balaban J connectivity index is 4.33. The molecule has 0 fully saturated rings. The summed E-state index contributed by atoms with van der Waals surface area (Å²) in [4.78, 5) is 24.7. The minimum atomic E-state index is -1.13. The molecular formula is C20H36O4. The molecule has 0 radical (unpaired) electrons. The molecule has 0 saturated carbocycles. The minimum Gasteiger partial charge on any atom is -0.465 e. The highest BCUT2D eigenvalue weighted by Crippen LogP contribution is 2.33. The van der Waals surface area contributed by atoms with Crippen molar-refractivity contribution in [3.8, 4) is 0 Å². The maximum atomic E-state index is 12.3. The first-order chi connectivity index (χ1) is 11.6. The molecule has 0 rings (SSSR count). The molecule has 0 spiro atoms. The fourth-order valence-corrected chi connectivity index (χ4v) is 2.89. The van der Waals surface area contributed by atoms with Gasteiger partial charge in [-0.3, -0.25) is 9.59 Å². The van der Waals surface area contributed by atoms with Crippen LogP contribution in [0.5, 0.6) is 0 Å². The second-order valence-corrected chi connectivity index (χ2v) is 6.18. The summed E-state index contributed by atoms with van der Waals surface area (Å²) < 4.78 is 10.3. The molecule has 0 aliphatic heterocycles. The van der Waals surface area contributed by atoms with Crippen molar-refractivity contribution in [2.45, 2.75) is 85.0 Å². The Bertz CT molecular complexity index is 345. The van der Waals surface area contributed by atoms with Crippen LogP contribution in [0.2, 0.25) is 0 Å². The van der Waals surface area contributed by atoms with Gasteiger partial charge in [0.05, 0.1) is 13.2 Å². The van der Waals surface area contributed by atoms with E-state index in [-0.39, 0.29) is 13.2 Å². The van der Waals surface area contributed by atoms with Gasteiger partial charge in [-0.1, -0.05) is 51.5 Å². The largest absolute Gasteiger partial charge is 0.465 e. The fourth-order valence-electron chi connectivity index (χ4n) is 2.89. The van der Waals surface area contributed by atoms with Crippen molar-refractivity contribution in [3.05, 3.63) is 12.7 Å². The average molecular weight is 341 g/mol. The molecule has 0 saturated heterocycles. The first-order valence-electron chi connectivity index (χ1n) is 9.54. The predicted molar refractivity (Wildman–Crippen MR) is 97.7 cm³/mol. The number of hydrogen-bond donors (Lipinski definition) is 0. The van der Waals surface area contributed by atoms with Crippen LogP contribution in [-0.4, -0.2) is 25.2 Å². The van der Waals surface area contributed by atoms with Gasteiger partial charge < -0.3 is 9.47 Å². The summed E-state index contributed by atoms with van der Waals surface area (Å²) >= 11 is 0. The van der Waals surface area contributed by atoms with E-state index in [1.54, 1.807) is 13.8 Å². The van der Waals surface area contributed by atoms with E-state index >= 15 is 0 Å². The zero-order chi connectivity index (χ0) is 18.3. The zero-order valence-electron chi connectivity index (χ0n) is 15.9. The van der Waals surface area contributed by atoms with Crippen molar-refractivity contribution in [3.63, 3.8) is 0 Å². The number of carbonyl (C=O) groups excluding carboxylic acids is 2. The van der Waals surface area contributed by atoms with Crippen LogP contribution in [0, 0.1) is 5.41 Å². The second kappa shape index (κ2) is 14.1. The molecule has 0 atom stereocenters. The molecule has 0 heterocycles. The van der Waals surface area contributed by atoms with E-state index in [1.165, 1.54) is 25.7 Å². The summed E-state index contributed by atoms with van der Waals surface area (Å²) in [5.41, 5.74) is -1.13. The van der Waals surface area contributed by atoms with Crippen molar-refractivity contribution in [2.75, 3.05) is 13.2 Å². The third-order valence-corrected chi connectivity index (χ3v) is 4.45. The third-order valence-electron chi connectivity index (χ3n) is 4.45. The summed E-state index contributed by atoms with van der Waals surface area (Å²) in [5, 5.41) is 0. The molecule has 0 N–H and O–H groups in total. The van der Waals surface area contributed by atoms with Gasteiger partial charge in [0, 0.05) is 0 Å². The van der Waals surface area contributed by atoms with E-state index in [0.717, 1.165) is 25.7 Å². The quantitative estimate of drug-likeness (QED) is 0.178. The number of carbonyl (C=O) groups is 2. The summed E-state index contributed by atoms with van der Waals surface area (Å²) in [6, 6.07) is 0. The normalized spacial score (nSPS) is 11.1. The molecule has 0 aromatic rings. The molecule has 0 aromatic carbocycles. The average Bonchev–Trinajstić information content (AvgIpc) is 2.57. The molecule has 4 heteroatoms. The van der Waals surface area contributed by atoms with Crippen LogP contribution in [-0.2, 0) is 19.1 Å². The van der Waals surface area contributed by atoms with Crippen molar-refractivity contribution in [1.82, 2.24) is 0 Å². The topological polar surface area (TPSA) is 52.6 Å². The second-order valence-electron chi connectivity index (χ2n) is 6.18. The molecule has 0 aromatic heterocycles. The molecule has 0 bridgehead atoms. The Morgan fingerprint density at radius 3 is 1.71 bits per heavy atom. The fraction of sp³-hybridized carbons (Fsp3) is 0.800. The highest BCUT2D eigenvalue weighted by molar-refractivity contribution is 6.00. The van der Waals surface area contributed by atoms with Crippen molar-refractivity contribution in [1.29, 1.82) is 0 Å². The van der Waals surface area contributed by atoms with Crippen LogP contribution < -0.4 is 0 Å². The van der Waals surface area contributed by atoms with Crippen LogP contribution in [0.4, 0.5) is 0 Å². The molecule has 0 unspecified atom stereocenters. The number of ether oxygens (including phenoxy) is 2. The molecule has 140 valence electrons. The lowest BCUT2D eigenvalue weighted by Gasteiger charge is -2.27. The monoisotopic (exact) mass is 340 g/mol. The maximum absolute atomic E-state index is 12.3. The lowest BCUT2D eigenvalue weighted by molar-refractivity contribution is -0.173. The van der Waals surface area contributed by atoms with E-state index in [9.17, 15) is 9.59 Å². The lowest BCUT2D eigenvalue weighted by atomic mass is 9.80. The lowest BCUT2D eigenvalue weighted by Crippen LogP contribution is -2.41. The number of allylic oxidation sites excluding steroid dienone is 1. The van der Waals surface area contributed by atoms with Gasteiger partial charge in [0.2, 0.25) is 0 Å². The van der Waals surface area contributed by atoms with Gasteiger partial charge in [0.1, 0.15) is 0 Å². The van der Waals surface area contributed by atoms with Crippen LogP contribution >= 0.6 is 0 Å². The van der Waals surface area contributed by atoms with E-state index in [2.05, 4.69) is 6.58 Å². The smallest absolute Gasteiger partial charge is 0.323 e. The van der Waals surface area contributed by atoms with E-state index in [1.807, 2.05) is 13.0 Å². The molecule has 0 aliphatic carbocycles. The number of esters is 2. The van der Waals surface area contributed by atoms with Gasteiger partial charge in [-0.15, -0.1) is 6.58 Å². The first kappa shape index (κ1) is 22.7. The Morgan fingerprint density at radius 1 is 0.833 bits per heavy atom. The zero-order valence-corrected chi connectivity index (χ0v) is 15.9. The first-order valence-corrected chi connectivity index (χ1v) is 9.54. The Morgan fingerprint density at radius 2 is 1.29 bits per heavy atom. The van der Waals surface area contributed by atoms with Gasteiger partial charge in [-0.2, -0.15) is 0 Å². The van der Waals surface area contributed by atoms with Crippen molar-refractivity contribution < 1.29 is 19.1 Å². The predicted octanol–water partition coefficient (Wildman–Crippen LogP) is 5.21. The van der Waals surface area contributed by atoms with Crippen LogP contribution in [0.25, 0.3) is 0 Å². The summed E-state index contributed by atoms with van der Waals surface area (Å²) in [6.45, 7) is 9.67. The summed E-state index contributed by atoms with van der Waals surface area (Å²) in [5.74, 6) is -0.870. The number of hydrogen-bond acceptors (Lipinski definition) is 4. The number of rotatable bonds is 15. The van der Waals surface area contributed by atoms with Gasteiger partial charge >= 0.3 is 11.9 Å². The highest BCUT2D eigenvalue weighted by atomic mass is 16.6. The van der Waals surface area contributed by atoms with Crippen LogP contribution in [0.15, 0.2) is 12.7 Å². The molecule has 0 amide bonds. The van der Waals surface area contributed by atoms with Gasteiger partial charge in [0.15, 0.2) is 5.41 Å². The molecule has 0 aliphatic rings. The highest BCUT2D eigenvalue weighted by Gasteiger charge is 2.46. The van der Waals surface area contributed by atoms with E-state index in [0.29, 0.717) is 12.8 Å². The van der Waals surface area contributed by atoms with Gasteiger partial charge in [-0.25, -0.2) is 0 Å². The molecular weight excluding hydrogens is 304 g/mol. The minimum absolute atomic E-state index is 0.282. The SMILES string of the molecule is C=CCCCCCCCCCC(CC)(C(=O)OCC)C(=O)OCC.